The maximum Gasteiger partial charge on any atom is 0.191 e. The van der Waals surface area contributed by atoms with Crippen molar-refractivity contribution in [1.82, 2.24) is 5.43 Å². The third-order valence-electron chi connectivity index (χ3n) is 3.91. The SMILES string of the molecule is COc1cc(/C=N/NC(=S)Nc2ccc(F)cc2)ccc1OCc1ccccc1. The fourth-order valence-electron chi connectivity index (χ4n) is 2.48. The number of halogens is 1. The largest absolute Gasteiger partial charge is 0.493 e. The molecule has 0 spiro atoms. The molecular formula is C22H20FN3O2S. The number of methoxy groups -OCH3 is 1. The van der Waals surface area contributed by atoms with Crippen molar-refractivity contribution >= 4 is 29.2 Å². The molecule has 0 unspecified atom stereocenters. The average Bonchev–Trinajstić information content (AvgIpc) is 2.75. The lowest BCUT2D eigenvalue weighted by atomic mass is 10.2. The minimum atomic E-state index is -0.308. The van der Waals surface area contributed by atoms with Crippen LogP contribution >= 0.6 is 12.2 Å². The highest BCUT2D eigenvalue weighted by atomic mass is 32.1. The quantitative estimate of drug-likeness (QED) is 0.336. The van der Waals surface area contributed by atoms with Crippen LogP contribution in [0.1, 0.15) is 11.1 Å². The van der Waals surface area contributed by atoms with Crippen LogP contribution in [-0.2, 0) is 6.61 Å². The molecular weight excluding hydrogens is 389 g/mol. The molecule has 0 bridgehead atoms. The van der Waals surface area contributed by atoms with E-state index in [1.54, 1.807) is 25.5 Å². The Hall–Kier alpha value is -3.45. The Morgan fingerprint density at radius 3 is 2.52 bits per heavy atom. The van der Waals surface area contributed by atoms with Crippen molar-refractivity contribution in [3.8, 4) is 11.5 Å². The highest BCUT2D eigenvalue weighted by Crippen LogP contribution is 2.28. The van der Waals surface area contributed by atoms with Crippen LogP contribution in [-0.4, -0.2) is 18.4 Å². The van der Waals surface area contributed by atoms with Crippen LogP contribution in [0.15, 0.2) is 77.9 Å². The normalized spacial score (nSPS) is 10.6. The summed E-state index contributed by atoms with van der Waals surface area (Å²) in [6.07, 6.45) is 1.61. The van der Waals surface area contributed by atoms with Crippen LogP contribution in [0.3, 0.4) is 0 Å². The van der Waals surface area contributed by atoms with Gasteiger partial charge in [-0.05, 0) is 65.8 Å². The van der Waals surface area contributed by atoms with Crippen LogP contribution < -0.4 is 20.2 Å². The van der Waals surface area contributed by atoms with E-state index in [4.69, 9.17) is 21.7 Å². The van der Waals surface area contributed by atoms with Gasteiger partial charge in [-0.2, -0.15) is 5.10 Å². The molecule has 148 valence electrons. The number of ether oxygens (including phenoxy) is 2. The second kappa shape index (κ2) is 10.2. The van der Waals surface area contributed by atoms with Gasteiger partial charge in [0.15, 0.2) is 16.6 Å². The van der Waals surface area contributed by atoms with Gasteiger partial charge in [-0.25, -0.2) is 4.39 Å². The molecule has 29 heavy (non-hydrogen) atoms. The standard InChI is InChI=1S/C22H20FN3O2S/c1-27-21-13-17(7-12-20(21)28-15-16-5-3-2-4-6-16)14-24-26-22(29)25-19-10-8-18(23)9-11-19/h2-14H,15H2,1H3,(H2,25,26,29)/b24-14+. The summed E-state index contributed by atoms with van der Waals surface area (Å²) in [6, 6.07) is 21.3. The van der Waals surface area contributed by atoms with Crippen LogP contribution in [0.5, 0.6) is 11.5 Å². The molecule has 0 aromatic heterocycles. The summed E-state index contributed by atoms with van der Waals surface area (Å²) in [4.78, 5) is 0. The Balaban J connectivity index is 1.56. The molecule has 0 saturated carbocycles. The topological polar surface area (TPSA) is 54.9 Å². The van der Waals surface area contributed by atoms with E-state index in [-0.39, 0.29) is 5.82 Å². The molecule has 5 nitrogen and oxygen atoms in total. The number of anilines is 1. The predicted molar refractivity (Wildman–Crippen MR) is 117 cm³/mol. The van der Waals surface area contributed by atoms with Crippen molar-refractivity contribution in [2.75, 3.05) is 12.4 Å². The molecule has 0 saturated heterocycles. The van der Waals surface area contributed by atoms with Crippen LogP contribution in [0.25, 0.3) is 0 Å². The summed E-state index contributed by atoms with van der Waals surface area (Å²) >= 11 is 5.16. The Morgan fingerprint density at radius 2 is 1.79 bits per heavy atom. The van der Waals surface area contributed by atoms with Crippen molar-refractivity contribution in [1.29, 1.82) is 0 Å². The number of hydrogen-bond acceptors (Lipinski definition) is 4. The number of rotatable bonds is 7. The number of hydrogen-bond donors (Lipinski definition) is 2. The van der Waals surface area contributed by atoms with E-state index in [9.17, 15) is 4.39 Å². The van der Waals surface area contributed by atoms with E-state index in [0.29, 0.717) is 28.9 Å². The zero-order chi connectivity index (χ0) is 20.5. The Labute approximate surface area is 174 Å². The maximum absolute atomic E-state index is 12.9. The van der Waals surface area contributed by atoms with E-state index in [1.807, 2.05) is 48.5 Å². The van der Waals surface area contributed by atoms with Gasteiger partial charge in [0, 0.05) is 5.69 Å². The minimum absolute atomic E-state index is 0.294. The summed E-state index contributed by atoms with van der Waals surface area (Å²) in [5.74, 6) is 0.949. The second-order valence-electron chi connectivity index (χ2n) is 6.02. The van der Waals surface area contributed by atoms with Crippen molar-refractivity contribution in [2.45, 2.75) is 6.61 Å². The number of hydrazone groups is 1. The molecule has 0 atom stereocenters. The molecule has 3 rings (SSSR count). The highest BCUT2D eigenvalue weighted by Gasteiger charge is 2.06. The molecule has 7 heteroatoms. The van der Waals surface area contributed by atoms with Gasteiger partial charge in [-0.1, -0.05) is 30.3 Å². The third-order valence-corrected chi connectivity index (χ3v) is 4.10. The van der Waals surface area contributed by atoms with Gasteiger partial charge in [0.2, 0.25) is 0 Å². The Kier molecular flexibility index (Phi) is 7.13. The zero-order valence-corrected chi connectivity index (χ0v) is 16.6. The molecule has 0 aliphatic carbocycles. The molecule has 0 aliphatic heterocycles. The van der Waals surface area contributed by atoms with Crippen molar-refractivity contribution in [3.63, 3.8) is 0 Å². The van der Waals surface area contributed by atoms with E-state index in [0.717, 1.165) is 11.1 Å². The van der Waals surface area contributed by atoms with Gasteiger partial charge in [0.05, 0.1) is 13.3 Å². The molecule has 0 radical (unpaired) electrons. The average molecular weight is 409 g/mol. The third kappa shape index (κ3) is 6.29. The van der Waals surface area contributed by atoms with Crippen molar-refractivity contribution < 1.29 is 13.9 Å². The van der Waals surface area contributed by atoms with Crippen molar-refractivity contribution in [3.05, 3.63) is 89.7 Å². The van der Waals surface area contributed by atoms with Crippen LogP contribution in [0, 0.1) is 5.82 Å². The first-order valence-electron chi connectivity index (χ1n) is 8.84. The van der Waals surface area contributed by atoms with Crippen molar-refractivity contribution in [2.24, 2.45) is 5.10 Å². The van der Waals surface area contributed by atoms with Crippen LogP contribution in [0.4, 0.5) is 10.1 Å². The van der Waals surface area contributed by atoms with E-state index >= 15 is 0 Å². The van der Waals surface area contributed by atoms with E-state index in [1.165, 1.54) is 12.1 Å². The van der Waals surface area contributed by atoms with E-state index < -0.39 is 0 Å². The number of nitrogens with zero attached hydrogens (tertiary/aromatic N) is 1. The first-order valence-corrected chi connectivity index (χ1v) is 9.25. The number of nitrogens with one attached hydrogen (secondary N) is 2. The van der Waals surface area contributed by atoms with E-state index in [2.05, 4.69) is 15.8 Å². The number of thiocarbonyl (C=S) groups is 1. The molecule has 0 heterocycles. The molecule has 2 N–H and O–H groups in total. The van der Waals surface area contributed by atoms with Gasteiger partial charge in [-0.15, -0.1) is 0 Å². The lowest BCUT2D eigenvalue weighted by Gasteiger charge is -2.11. The highest BCUT2D eigenvalue weighted by molar-refractivity contribution is 7.80. The first-order chi connectivity index (χ1) is 14.1. The molecule has 3 aromatic carbocycles. The van der Waals surface area contributed by atoms with Crippen LogP contribution in [0.2, 0.25) is 0 Å². The number of benzene rings is 3. The van der Waals surface area contributed by atoms with Gasteiger partial charge in [0.1, 0.15) is 12.4 Å². The lowest BCUT2D eigenvalue weighted by molar-refractivity contribution is 0.284. The Bertz CT molecular complexity index is 979. The first kappa shape index (κ1) is 20.3. The summed E-state index contributed by atoms with van der Waals surface area (Å²) < 4.78 is 24.2. The molecule has 3 aromatic rings. The van der Waals surface area contributed by atoms with Gasteiger partial charge >= 0.3 is 0 Å². The lowest BCUT2D eigenvalue weighted by Crippen LogP contribution is -2.23. The summed E-state index contributed by atoms with van der Waals surface area (Å²) in [5, 5.41) is 7.31. The van der Waals surface area contributed by atoms with Gasteiger partial charge < -0.3 is 14.8 Å². The summed E-state index contributed by atoms with van der Waals surface area (Å²) in [5.41, 5.74) is 5.27. The smallest absolute Gasteiger partial charge is 0.191 e. The van der Waals surface area contributed by atoms with Gasteiger partial charge in [-0.3, -0.25) is 5.43 Å². The predicted octanol–water partition coefficient (Wildman–Crippen LogP) is 4.73. The molecule has 0 fully saturated rings. The zero-order valence-electron chi connectivity index (χ0n) is 15.8. The fourth-order valence-corrected chi connectivity index (χ4v) is 2.65. The molecule has 0 aliphatic rings. The second-order valence-corrected chi connectivity index (χ2v) is 6.42. The monoisotopic (exact) mass is 409 g/mol. The Morgan fingerprint density at radius 1 is 1.03 bits per heavy atom. The maximum atomic E-state index is 12.9. The van der Waals surface area contributed by atoms with Gasteiger partial charge in [0.25, 0.3) is 0 Å². The summed E-state index contributed by atoms with van der Waals surface area (Å²) in [7, 11) is 1.59. The summed E-state index contributed by atoms with van der Waals surface area (Å²) in [6.45, 7) is 0.454. The molecule has 0 amide bonds. The fraction of sp³-hybridized carbons (Fsp3) is 0.0909. The minimum Gasteiger partial charge on any atom is -0.493 e.